The number of hydrogen-bond acceptors (Lipinski definition) is 10. The summed E-state index contributed by atoms with van der Waals surface area (Å²) in [6.07, 6.45) is 4.22. The summed E-state index contributed by atoms with van der Waals surface area (Å²) in [5.41, 5.74) is 4.60. The summed E-state index contributed by atoms with van der Waals surface area (Å²) in [4.78, 5) is 75.8. The molecule has 0 bridgehead atoms. The number of rotatable bonds is 11. The molecule has 0 spiro atoms. The molecule has 1 N–H and O–H groups in total. The summed E-state index contributed by atoms with van der Waals surface area (Å²) in [5, 5.41) is 3.05. The molecule has 3 saturated heterocycles. The van der Waals surface area contributed by atoms with Crippen molar-refractivity contribution in [2.75, 3.05) is 77.4 Å². The van der Waals surface area contributed by atoms with Crippen molar-refractivity contribution in [1.29, 1.82) is 0 Å². The number of oxazole rings is 1. The molecule has 1 atom stereocenters. The number of nitrogens with one attached hydrogen (secondary N) is 1. The Hall–Kier alpha value is -4.89. The maximum atomic E-state index is 14.3. The average molecular weight is 788 g/mol. The standard InChI is InChI=1S/C42H57N7O8/c1-4-5-24-55-37(50)28-45-15-11-32(12-16-45)46-20-22-47(23-21-46)39(51)36(27-30-25-29(2)38-35(26-30)56-41(53)44(38)3)57-42(54)48-17-13-33(14-18-48)49-19-10-31-8-6-7-9-34(31)43-40(49)52/h6-9,25-26,32-33,36H,4-5,10-24,27-28H2,1-3H3,(H,43,52)/t36-/m1/s1. The van der Waals surface area contributed by atoms with E-state index in [4.69, 9.17) is 13.9 Å². The Labute approximate surface area is 333 Å². The lowest BCUT2D eigenvalue weighted by Gasteiger charge is -2.43. The van der Waals surface area contributed by atoms with Crippen LogP contribution < -0.4 is 11.1 Å². The molecule has 4 aliphatic heterocycles. The highest BCUT2D eigenvalue weighted by atomic mass is 16.6. The minimum atomic E-state index is -1.08. The molecule has 4 amide bonds. The lowest BCUT2D eigenvalue weighted by atomic mass is 10.0. The van der Waals surface area contributed by atoms with E-state index < -0.39 is 18.0 Å². The van der Waals surface area contributed by atoms with Gasteiger partial charge in [0.1, 0.15) is 0 Å². The van der Waals surface area contributed by atoms with Crippen molar-refractivity contribution < 1.29 is 33.1 Å². The van der Waals surface area contributed by atoms with E-state index in [9.17, 15) is 24.0 Å². The number of aromatic nitrogens is 1. The molecule has 0 radical (unpaired) electrons. The van der Waals surface area contributed by atoms with Crippen molar-refractivity contribution in [3.63, 3.8) is 0 Å². The van der Waals surface area contributed by atoms with E-state index >= 15 is 0 Å². The first-order chi connectivity index (χ1) is 27.6. The first-order valence-electron chi connectivity index (χ1n) is 20.7. The number of aryl methyl sites for hydroxylation is 2. The average Bonchev–Trinajstić information content (AvgIpc) is 3.39. The van der Waals surface area contributed by atoms with Gasteiger partial charge in [0.25, 0.3) is 5.91 Å². The smallest absolute Gasteiger partial charge is 0.419 e. The number of carbonyl (C=O) groups is 4. The second-order valence-corrected chi connectivity index (χ2v) is 16.0. The minimum Gasteiger partial charge on any atom is -0.465 e. The van der Waals surface area contributed by atoms with E-state index in [-0.39, 0.29) is 30.4 Å². The first kappa shape index (κ1) is 40.3. The van der Waals surface area contributed by atoms with Crippen LogP contribution in [0.3, 0.4) is 0 Å². The van der Waals surface area contributed by atoms with Crippen LogP contribution in [0.5, 0.6) is 0 Å². The molecule has 1 aromatic heterocycles. The number of urea groups is 1. The predicted octanol–water partition coefficient (Wildman–Crippen LogP) is 3.99. The fraction of sp³-hybridized carbons (Fsp3) is 0.595. The zero-order valence-corrected chi connectivity index (χ0v) is 33.6. The van der Waals surface area contributed by atoms with Gasteiger partial charge in [-0.15, -0.1) is 0 Å². The maximum absolute atomic E-state index is 14.3. The molecule has 0 aliphatic carbocycles. The van der Waals surface area contributed by atoms with Gasteiger partial charge in [0.2, 0.25) is 0 Å². The van der Waals surface area contributed by atoms with E-state index in [1.807, 2.05) is 42.2 Å². The number of benzene rings is 2. The molecule has 57 heavy (non-hydrogen) atoms. The normalized spacial score (nSPS) is 19.6. The van der Waals surface area contributed by atoms with E-state index in [0.717, 1.165) is 67.6 Å². The van der Waals surface area contributed by atoms with E-state index in [0.29, 0.717) is 88.9 Å². The van der Waals surface area contributed by atoms with Crippen LogP contribution in [0.15, 0.2) is 45.6 Å². The largest absolute Gasteiger partial charge is 0.465 e. The topological polar surface area (TPSA) is 150 Å². The van der Waals surface area contributed by atoms with Crippen LogP contribution in [-0.2, 0) is 39.0 Å². The van der Waals surface area contributed by atoms with Crippen LogP contribution in [0.2, 0.25) is 0 Å². The van der Waals surface area contributed by atoms with Gasteiger partial charge < -0.3 is 33.9 Å². The molecular weight excluding hydrogens is 731 g/mol. The molecule has 3 fully saturated rings. The monoisotopic (exact) mass is 787 g/mol. The molecule has 2 aromatic carbocycles. The van der Waals surface area contributed by atoms with Crippen LogP contribution in [-0.4, -0.2) is 143 Å². The zero-order valence-electron chi connectivity index (χ0n) is 33.6. The van der Waals surface area contributed by atoms with Crippen molar-refractivity contribution >= 4 is 40.8 Å². The fourth-order valence-corrected chi connectivity index (χ4v) is 8.90. The van der Waals surface area contributed by atoms with E-state index in [1.54, 1.807) is 22.9 Å². The van der Waals surface area contributed by atoms with Crippen LogP contribution in [0, 0.1) is 6.92 Å². The molecule has 0 saturated carbocycles. The Morgan fingerprint density at radius 3 is 2.35 bits per heavy atom. The molecule has 15 nitrogen and oxygen atoms in total. The highest BCUT2D eigenvalue weighted by Crippen LogP contribution is 2.27. The summed E-state index contributed by atoms with van der Waals surface area (Å²) in [6.45, 7) is 10.2. The number of esters is 1. The van der Waals surface area contributed by atoms with Crippen LogP contribution >= 0.6 is 0 Å². The molecule has 0 unspecified atom stereocenters. The van der Waals surface area contributed by atoms with Gasteiger partial charge in [-0.1, -0.05) is 37.6 Å². The van der Waals surface area contributed by atoms with Gasteiger partial charge in [-0.3, -0.25) is 24.0 Å². The number of hydrogen-bond donors (Lipinski definition) is 1. The van der Waals surface area contributed by atoms with Crippen LogP contribution in [0.1, 0.15) is 62.1 Å². The number of unbranched alkanes of at least 4 members (excludes halogenated alkanes) is 1. The number of carbonyl (C=O) groups excluding carboxylic acids is 4. The molecule has 4 aliphatic rings. The summed E-state index contributed by atoms with van der Waals surface area (Å²) in [7, 11) is 1.66. The number of likely N-dealkylation sites (tertiary alicyclic amines) is 2. The summed E-state index contributed by atoms with van der Waals surface area (Å²) in [5.74, 6) is -0.878. The number of amides is 4. The number of piperidine rings is 2. The van der Waals surface area contributed by atoms with Crippen molar-refractivity contribution in [2.24, 2.45) is 7.05 Å². The quantitative estimate of drug-likeness (QED) is 0.223. The molecule has 7 rings (SSSR count). The third kappa shape index (κ3) is 9.47. The number of ether oxygens (including phenoxy) is 2. The number of para-hydroxylation sites is 1. The Bertz CT molecular complexity index is 1970. The van der Waals surface area contributed by atoms with Crippen molar-refractivity contribution in [2.45, 2.75) is 83.4 Å². The number of piperazine rings is 1. The van der Waals surface area contributed by atoms with Gasteiger partial charge in [-0.25, -0.2) is 14.4 Å². The third-order valence-electron chi connectivity index (χ3n) is 12.2. The summed E-state index contributed by atoms with van der Waals surface area (Å²) in [6, 6.07) is 11.7. The molecule has 15 heteroatoms. The lowest BCUT2D eigenvalue weighted by Crippen LogP contribution is -2.57. The van der Waals surface area contributed by atoms with Crippen molar-refractivity contribution in [3.05, 3.63) is 63.6 Å². The molecule has 3 aromatic rings. The molecular formula is C42H57N7O8. The van der Waals surface area contributed by atoms with Crippen LogP contribution in [0.4, 0.5) is 15.3 Å². The molecule has 5 heterocycles. The second kappa shape index (κ2) is 18.1. The second-order valence-electron chi connectivity index (χ2n) is 16.0. The zero-order chi connectivity index (χ0) is 40.1. The third-order valence-corrected chi connectivity index (χ3v) is 12.2. The fourth-order valence-electron chi connectivity index (χ4n) is 8.90. The van der Waals surface area contributed by atoms with Gasteiger partial charge in [0.15, 0.2) is 11.7 Å². The Kier molecular flexibility index (Phi) is 12.8. The SMILES string of the molecule is CCCCOC(=O)CN1CCC(N2CCN(C(=O)[C@@H](Cc3cc(C)c4c(c3)oc(=O)n4C)OC(=O)N3CCC(N4CCc5ccccc5NC4=O)CC3)CC2)CC1. The lowest BCUT2D eigenvalue weighted by molar-refractivity contribution is -0.145. The maximum Gasteiger partial charge on any atom is 0.419 e. The van der Waals surface area contributed by atoms with E-state index in [1.165, 1.54) is 4.57 Å². The number of fused-ring (bicyclic) bond motifs is 2. The highest BCUT2D eigenvalue weighted by molar-refractivity contribution is 5.91. The van der Waals surface area contributed by atoms with Gasteiger partial charge in [-0.05, 0) is 74.3 Å². The Morgan fingerprint density at radius 1 is 0.895 bits per heavy atom. The van der Waals surface area contributed by atoms with Crippen molar-refractivity contribution in [3.8, 4) is 0 Å². The Morgan fingerprint density at radius 2 is 1.61 bits per heavy atom. The molecule has 308 valence electrons. The highest BCUT2D eigenvalue weighted by Gasteiger charge is 2.37. The summed E-state index contributed by atoms with van der Waals surface area (Å²) < 4.78 is 18.4. The van der Waals surface area contributed by atoms with Gasteiger partial charge >= 0.3 is 23.8 Å². The number of nitrogens with zero attached hydrogens (tertiary/aromatic N) is 6. The number of anilines is 1. The first-order valence-corrected chi connectivity index (χ1v) is 20.7. The predicted molar refractivity (Wildman–Crippen MR) is 214 cm³/mol. The van der Waals surface area contributed by atoms with Crippen LogP contribution in [0.25, 0.3) is 11.1 Å². The minimum absolute atomic E-state index is 0.0217. The van der Waals surface area contributed by atoms with Gasteiger partial charge in [0, 0.05) is 90.1 Å². The van der Waals surface area contributed by atoms with Crippen molar-refractivity contribution in [1.82, 2.24) is 29.1 Å². The van der Waals surface area contributed by atoms with Gasteiger partial charge in [0.05, 0.1) is 18.7 Å². The summed E-state index contributed by atoms with van der Waals surface area (Å²) >= 11 is 0. The van der Waals surface area contributed by atoms with E-state index in [2.05, 4.69) is 22.0 Å². The Balaban J connectivity index is 0.966. The van der Waals surface area contributed by atoms with Gasteiger partial charge in [-0.2, -0.15) is 0 Å².